The lowest BCUT2D eigenvalue weighted by molar-refractivity contribution is 0.963. The van der Waals surface area contributed by atoms with Gasteiger partial charge in [0.05, 0.1) is 0 Å². The zero-order chi connectivity index (χ0) is 11.5. The summed E-state index contributed by atoms with van der Waals surface area (Å²) in [6.45, 7) is 1.67. The largest absolute Gasteiger partial charge is 0.338 e. The lowest BCUT2D eigenvalue weighted by Gasteiger charge is -2.04. The Kier molecular flexibility index (Phi) is 2.96. The predicted molar refractivity (Wildman–Crippen MR) is 63.8 cm³/mol. The van der Waals surface area contributed by atoms with Crippen LogP contribution in [0, 0.1) is 6.92 Å². The number of nitrogens with one attached hydrogen (secondary N) is 1. The third-order valence-electron chi connectivity index (χ3n) is 2.04. The van der Waals surface area contributed by atoms with Crippen LogP contribution in [0.15, 0.2) is 51.0 Å². The van der Waals surface area contributed by atoms with Gasteiger partial charge in [0.1, 0.15) is 0 Å². The number of rotatable bonds is 2. The van der Waals surface area contributed by atoms with Gasteiger partial charge >= 0.3 is 5.69 Å². The number of nitrogens with zero attached hydrogens (tertiary/aromatic N) is 1. The maximum absolute atomic E-state index is 11.5. The minimum absolute atomic E-state index is 0.338. The summed E-state index contributed by atoms with van der Waals surface area (Å²) in [6, 6.07) is 9.50. The molecule has 0 saturated heterocycles. The quantitative estimate of drug-likeness (QED) is 0.854. The molecule has 1 N–H and O–H groups in total. The van der Waals surface area contributed by atoms with Crippen LogP contribution in [0.3, 0.4) is 0 Å². The lowest BCUT2D eigenvalue weighted by atomic mass is 10.4. The van der Waals surface area contributed by atoms with Crippen molar-refractivity contribution < 1.29 is 0 Å². The van der Waals surface area contributed by atoms with Crippen LogP contribution in [-0.2, 0) is 0 Å². The standard InChI is InChI=1S/C11H10N2O2S/c1-8-7-13(11(15)12-10(8)14)16-9-5-3-2-4-6-9/h2-7H,1H3,(H,12,14,15). The fraction of sp³-hybridized carbons (Fsp3) is 0.0909. The Bertz CT molecular complexity index is 601. The summed E-state index contributed by atoms with van der Waals surface area (Å²) >= 11 is 1.27. The first-order valence-electron chi connectivity index (χ1n) is 4.73. The van der Waals surface area contributed by atoms with E-state index < -0.39 is 5.69 Å². The normalized spacial score (nSPS) is 10.3. The van der Waals surface area contributed by atoms with Gasteiger partial charge in [0.25, 0.3) is 5.56 Å². The van der Waals surface area contributed by atoms with E-state index in [9.17, 15) is 9.59 Å². The molecular weight excluding hydrogens is 224 g/mol. The molecule has 0 atom stereocenters. The van der Waals surface area contributed by atoms with Crippen LogP contribution in [0.4, 0.5) is 0 Å². The van der Waals surface area contributed by atoms with Gasteiger partial charge in [-0.05, 0) is 31.0 Å². The molecule has 0 saturated carbocycles. The highest BCUT2D eigenvalue weighted by molar-refractivity contribution is 7.97. The first-order valence-corrected chi connectivity index (χ1v) is 5.50. The third-order valence-corrected chi connectivity index (χ3v) is 2.99. The first kappa shape index (κ1) is 10.8. The smallest absolute Gasteiger partial charge is 0.273 e. The fourth-order valence-electron chi connectivity index (χ4n) is 1.21. The van der Waals surface area contributed by atoms with Gasteiger partial charge in [0.2, 0.25) is 0 Å². The predicted octanol–water partition coefficient (Wildman–Crippen LogP) is 1.40. The average Bonchev–Trinajstić information content (AvgIpc) is 2.27. The molecule has 1 heterocycles. The van der Waals surface area contributed by atoms with Crippen LogP contribution in [0.2, 0.25) is 0 Å². The summed E-state index contributed by atoms with van der Waals surface area (Å²) < 4.78 is 1.41. The SMILES string of the molecule is Cc1cn(Sc2ccccc2)c(=O)[nH]c1=O. The van der Waals surface area contributed by atoms with E-state index in [0.717, 1.165) is 4.90 Å². The second-order valence-electron chi connectivity index (χ2n) is 3.30. The number of benzene rings is 1. The third kappa shape index (κ3) is 2.25. The molecule has 0 unspecified atom stereocenters. The average molecular weight is 234 g/mol. The van der Waals surface area contributed by atoms with Gasteiger partial charge in [0, 0.05) is 16.7 Å². The molecule has 0 aliphatic rings. The van der Waals surface area contributed by atoms with Crippen LogP contribution in [0.25, 0.3) is 0 Å². The molecule has 5 heteroatoms. The van der Waals surface area contributed by atoms with Crippen LogP contribution in [0.5, 0.6) is 0 Å². The van der Waals surface area contributed by atoms with E-state index in [0.29, 0.717) is 5.56 Å². The molecule has 0 amide bonds. The zero-order valence-corrected chi connectivity index (χ0v) is 9.45. The number of aromatic nitrogens is 2. The Morgan fingerprint density at radius 3 is 2.56 bits per heavy atom. The van der Waals surface area contributed by atoms with E-state index in [2.05, 4.69) is 4.98 Å². The Hall–Kier alpha value is -1.75. The van der Waals surface area contributed by atoms with E-state index in [4.69, 9.17) is 0 Å². The molecule has 82 valence electrons. The molecule has 1 aromatic heterocycles. The van der Waals surface area contributed by atoms with Gasteiger partial charge in [0.15, 0.2) is 0 Å². The van der Waals surface area contributed by atoms with Crippen molar-refractivity contribution in [3.8, 4) is 0 Å². The van der Waals surface area contributed by atoms with Crippen molar-refractivity contribution in [2.24, 2.45) is 0 Å². The van der Waals surface area contributed by atoms with Crippen molar-refractivity contribution in [1.29, 1.82) is 0 Å². The van der Waals surface area contributed by atoms with Gasteiger partial charge in [-0.3, -0.25) is 9.78 Å². The first-order chi connectivity index (χ1) is 7.66. The van der Waals surface area contributed by atoms with Crippen LogP contribution < -0.4 is 11.2 Å². The maximum atomic E-state index is 11.5. The van der Waals surface area contributed by atoms with Crippen molar-refractivity contribution in [3.05, 3.63) is 62.9 Å². The molecule has 0 fully saturated rings. The minimum atomic E-state index is -0.413. The number of aromatic amines is 1. The number of aryl methyl sites for hydroxylation is 1. The van der Waals surface area contributed by atoms with Crippen molar-refractivity contribution in [2.75, 3.05) is 0 Å². The molecule has 0 aliphatic carbocycles. The van der Waals surface area contributed by atoms with Crippen LogP contribution in [-0.4, -0.2) is 8.96 Å². The second-order valence-corrected chi connectivity index (χ2v) is 4.35. The highest BCUT2D eigenvalue weighted by atomic mass is 32.2. The van der Waals surface area contributed by atoms with Gasteiger partial charge in [-0.15, -0.1) is 0 Å². The topological polar surface area (TPSA) is 54.9 Å². The molecule has 0 radical (unpaired) electrons. The number of hydrogen-bond acceptors (Lipinski definition) is 3. The molecule has 0 bridgehead atoms. The molecular formula is C11H10N2O2S. The Morgan fingerprint density at radius 2 is 1.88 bits per heavy atom. The van der Waals surface area contributed by atoms with E-state index in [1.165, 1.54) is 15.9 Å². The molecule has 4 nitrogen and oxygen atoms in total. The van der Waals surface area contributed by atoms with E-state index >= 15 is 0 Å². The fourth-order valence-corrected chi connectivity index (χ4v) is 2.05. The van der Waals surface area contributed by atoms with Gasteiger partial charge in [-0.2, -0.15) is 0 Å². The number of H-pyrrole nitrogens is 1. The second kappa shape index (κ2) is 4.40. The molecule has 2 rings (SSSR count). The van der Waals surface area contributed by atoms with Gasteiger partial charge < -0.3 is 0 Å². The summed E-state index contributed by atoms with van der Waals surface area (Å²) in [6.07, 6.45) is 1.54. The molecule has 2 aromatic rings. The van der Waals surface area contributed by atoms with E-state index in [-0.39, 0.29) is 5.56 Å². The summed E-state index contributed by atoms with van der Waals surface area (Å²) in [4.78, 5) is 25.8. The van der Waals surface area contributed by atoms with E-state index in [1.807, 2.05) is 30.3 Å². The number of hydrogen-bond donors (Lipinski definition) is 1. The Morgan fingerprint density at radius 1 is 1.19 bits per heavy atom. The van der Waals surface area contributed by atoms with Gasteiger partial charge in [-0.1, -0.05) is 18.2 Å². The molecule has 16 heavy (non-hydrogen) atoms. The van der Waals surface area contributed by atoms with Crippen molar-refractivity contribution in [3.63, 3.8) is 0 Å². The lowest BCUT2D eigenvalue weighted by Crippen LogP contribution is -2.27. The summed E-state index contributed by atoms with van der Waals surface area (Å²) in [5.74, 6) is 0. The van der Waals surface area contributed by atoms with Crippen molar-refractivity contribution >= 4 is 11.9 Å². The minimum Gasteiger partial charge on any atom is -0.273 e. The molecule has 0 spiro atoms. The maximum Gasteiger partial charge on any atom is 0.338 e. The van der Waals surface area contributed by atoms with Crippen molar-refractivity contribution in [2.45, 2.75) is 11.8 Å². The summed E-state index contributed by atoms with van der Waals surface area (Å²) in [5, 5.41) is 0. The summed E-state index contributed by atoms with van der Waals surface area (Å²) in [5.41, 5.74) is -0.234. The zero-order valence-electron chi connectivity index (χ0n) is 8.64. The van der Waals surface area contributed by atoms with Gasteiger partial charge in [-0.25, -0.2) is 8.77 Å². The van der Waals surface area contributed by atoms with E-state index in [1.54, 1.807) is 13.1 Å². The molecule has 0 aliphatic heterocycles. The van der Waals surface area contributed by atoms with Crippen LogP contribution >= 0.6 is 11.9 Å². The Balaban J connectivity index is 2.40. The monoisotopic (exact) mass is 234 g/mol. The summed E-state index contributed by atoms with van der Waals surface area (Å²) in [7, 11) is 0. The van der Waals surface area contributed by atoms with Crippen molar-refractivity contribution in [1.82, 2.24) is 8.96 Å². The highest BCUT2D eigenvalue weighted by Gasteiger charge is 2.02. The van der Waals surface area contributed by atoms with Crippen LogP contribution in [0.1, 0.15) is 5.56 Å². The Labute approximate surface area is 96.1 Å². The highest BCUT2D eigenvalue weighted by Crippen LogP contribution is 2.16. The molecule has 1 aromatic carbocycles.